The second kappa shape index (κ2) is 10.2. The number of carbonyl (C=O) groups excluding carboxylic acids is 1. The van der Waals surface area contributed by atoms with Crippen molar-refractivity contribution in [2.75, 3.05) is 50.1 Å². The first-order chi connectivity index (χ1) is 16.0. The summed E-state index contributed by atoms with van der Waals surface area (Å²) in [5, 5.41) is 3.28. The van der Waals surface area contributed by atoms with Gasteiger partial charge in [-0.25, -0.2) is 4.98 Å². The van der Waals surface area contributed by atoms with E-state index in [9.17, 15) is 4.79 Å². The zero-order chi connectivity index (χ0) is 23.2. The average Bonchev–Trinajstić information content (AvgIpc) is 2.84. The van der Waals surface area contributed by atoms with E-state index in [0.717, 1.165) is 17.2 Å². The van der Waals surface area contributed by atoms with E-state index in [1.54, 1.807) is 13.2 Å². The summed E-state index contributed by atoms with van der Waals surface area (Å²) in [5.41, 5.74) is 3.04. The van der Waals surface area contributed by atoms with Gasteiger partial charge in [0.1, 0.15) is 17.3 Å². The highest BCUT2D eigenvalue weighted by Crippen LogP contribution is 2.21. The molecule has 0 aliphatic carbocycles. The number of carbonyl (C=O) groups is 1. The fraction of sp³-hybridized carbons (Fsp3) is 0.320. The Kier molecular flexibility index (Phi) is 6.92. The predicted octanol–water partition coefficient (Wildman–Crippen LogP) is 3.57. The molecule has 1 saturated heterocycles. The van der Waals surface area contributed by atoms with Crippen molar-refractivity contribution in [3.63, 3.8) is 0 Å². The monoisotopic (exact) mass is 447 g/mol. The molecule has 4 rings (SSSR count). The van der Waals surface area contributed by atoms with Gasteiger partial charge in [-0.3, -0.25) is 4.79 Å². The SMILES string of the molecule is COc1cccc(OCC(=O)N2CCN(c3cc(C)nc(Nc4ccc(C)cc4)n3)CC2)c1. The lowest BCUT2D eigenvalue weighted by atomic mass is 10.2. The number of hydrogen-bond acceptors (Lipinski definition) is 7. The fourth-order valence-electron chi connectivity index (χ4n) is 3.65. The summed E-state index contributed by atoms with van der Waals surface area (Å²) in [4.78, 5) is 25.8. The van der Waals surface area contributed by atoms with Crippen molar-refractivity contribution < 1.29 is 14.3 Å². The molecular formula is C25H29N5O3. The lowest BCUT2D eigenvalue weighted by molar-refractivity contribution is -0.133. The normalized spacial score (nSPS) is 13.5. The summed E-state index contributed by atoms with van der Waals surface area (Å²) in [6.07, 6.45) is 0. The molecule has 2 heterocycles. The molecule has 1 aliphatic rings. The number of amides is 1. The van der Waals surface area contributed by atoms with Crippen LogP contribution >= 0.6 is 0 Å². The molecule has 1 aromatic heterocycles. The number of hydrogen-bond donors (Lipinski definition) is 1. The Balaban J connectivity index is 1.32. The molecule has 33 heavy (non-hydrogen) atoms. The fourth-order valence-corrected chi connectivity index (χ4v) is 3.65. The van der Waals surface area contributed by atoms with Gasteiger partial charge in [0.05, 0.1) is 7.11 Å². The van der Waals surface area contributed by atoms with Crippen LogP contribution in [0.4, 0.5) is 17.5 Å². The van der Waals surface area contributed by atoms with E-state index >= 15 is 0 Å². The quantitative estimate of drug-likeness (QED) is 0.593. The molecule has 8 nitrogen and oxygen atoms in total. The molecule has 0 atom stereocenters. The van der Waals surface area contributed by atoms with E-state index in [4.69, 9.17) is 14.5 Å². The van der Waals surface area contributed by atoms with Gasteiger partial charge >= 0.3 is 0 Å². The molecule has 0 radical (unpaired) electrons. The van der Waals surface area contributed by atoms with Crippen LogP contribution in [0.1, 0.15) is 11.3 Å². The first-order valence-corrected chi connectivity index (χ1v) is 11.0. The Morgan fingerprint density at radius 3 is 2.42 bits per heavy atom. The Labute approximate surface area is 194 Å². The highest BCUT2D eigenvalue weighted by molar-refractivity contribution is 5.78. The third-order valence-electron chi connectivity index (χ3n) is 5.51. The zero-order valence-corrected chi connectivity index (χ0v) is 19.2. The number of rotatable bonds is 7. The molecule has 0 spiro atoms. The maximum atomic E-state index is 12.6. The first kappa shape index (κ1) is 22.4. The van der Waals surface area contributed by atoms with Crippen LogP contribution in [0.2, 0.25) is 0 Å². The van der Waals surface area contributed by atoms with Crippen molar-refractivity contribution in [3.8, 4) is 11.5 Å². The van der Waals surface area contributed by atoms with E-state index < -0.39 is 0 Å². The number of methoxy groups -OCH3 is 1. The third kappa shape index (κ3) is 5.91. The van der Waals surface area contributed by atoms with Gasteiger partial charge in [0.25, 0.3) is 5.91 Å². The predicted molar refractivity (Wildman–Crippen MR) is 129 cm³/mol. The molecule has 0 saturated carbocycles. The molecule has 1 aliphatic heterocycles. The number of piperazine rings is 1. The number of aromatic nitrogens is 2. The highest BCUT2D eigenvalue weighted by Gasteiger charge is 2.23. The second-order valence-electron chi connectivity index (χ2n) is 8.02. The van der Waals surface area contributed by atoms with E-state index in [-0.39, 0.29) is 12.5 Å². The van der Waals surface area contributed by atoms with Crippen LogP contribution in [0.15, 0.2) is 54.6 Å². The largest absolute Gasteiger partial charge is 0.497 e. The number of ether oxygens (including phenoxy) is 2. The first-order valence-electron chi connectivity index (χ1n) is 11.0. The number of nitrogens with one attached hydrogen (secondary N) is 1. The molecule has 0 bridgehead atoms. The number of benzene rings is 2. The maximum absolute atomic E-state index is 12.6. The van der Waals surface area contributed by atoms with Crippen LogP contribution in [-0.2, 0) is 4.79 Å². The molecule has 2 aromatic carbocycles. The van der Waals surface area contributed by atoms with Gasteiger partial charge in [0.15, 0.2) is 6.61 Å². The van der Waals surface area contributed by atoms with E-state index in [0.29, 0.717) is 43.6 Å². The van der Waals surface area contributed by atoms with Crippen molar-refractivity contribution in [1.82, 2.24) is 14.9 Å². The van der Waals surface area contributed by atoms with E-state index in [1.807, 2.05) is 60.4 Å². The van der Waals surface area contributed by atoms with Crippen LogP contribution in [0.5, 0.6) is 11.5 Å². The Hall–Kier alpha value is -3.81. The lowest BCUT2D eigenvalue weighted by Crippen LogP contribution is -2.50. The Bertz CT molecular complexity index is 1100. The average molecular weight is 448 g/mol. The smallest absolute Gasteiger partial charge is 0.260 e. The molecule has 3 aromatic rings. The molecule has 0 unspecified atom stereocenters. The molecule has 1 amide bonds. The summed E-state index contributed by atoms with van der Waals surface area (Å²) in [5.74, 6) is 2.71. The highest BCUT2D eigenvalue weighted by atomic mass is 16.5. The van der Waals surface area contributed by atoms with Crippen LogP contribution < -0.4 is 19.7 Å². The zero-order valence-electron chi connectivity index (χ0n) is 19.2. The van der Waals surface area contributed by atoms with Crippen molar-refractivity contribution >= 4 is 23.4 Å². The summed E-state index contributed by atoms with van der Waals surface area (Å²) in [6.45, 7) is 6.65. The second-order valence-corrected chi connectivity index (χ2v) is 8.02. The van der Waals surface area contributed by atoms with Crippen molar-refractivity contribution in [2.24, 2.45) is 0 Å². The Morgan fingerprint density at radius 1 is 0.970 bits per heavy atom. The summed E-state index contributed by atoms with van der Waals surface area (Å²) >= 11 is 0. The topological polar surface area (TPSA) is 79.8 Å². The standard InChI is InChI=1S/C25H29N5O3/c1-18-7-9-20(10-8-18)27-25-26-19(2)15-23(28-25)29-11-13-30(14-12-29)24(31)17-33-22-6-4-5-21(16-22)32-3/h4-10,15-16H,11-14,17H2,1-3H3,(H,26,27,28). The minimum absolute atomic E-state index is 0.00437. The number of aryl methyl sites for hydroxylation is 2. The van der Waals surface area contributed by atoms with Gasteiger partial charge in [-0.15, -0.1) is 0 Å². The van der Waals surface area contributed by atoms with Crippen LogP contribution in [-0.4, -0.2) is 60.7 Å². The van der Waals surface area contributed by atoms with Gasteiger partial charge < -0.3 is 24.6 Å². The van der Waals surface area contributed by atoms with Crippen molar-refractivity contribution in [1.29, 1.82) is 0 Å². The minimum Gasteiger partial charge on any atom is -0.497 e. The van der Waals surface area contributed by atoms with Gasteiger partial charge in [-0.05, 0) is 38.1 Å². The molecule has 172 valence electrons. The van der Waals surface area contributed by atoms with Crippen LogP contribution in [0.25, 0.3) is 0 Å². The van der Waals surface area contributed by atoms with Gasteiger partial charge in [0, 0.05) is 49.7 Å². The van der Waals surface area contributed by atoms with Gasteiger partial charge in [-0.2, -0.15) is 4.98 Å². The van der Waals surface area contributed by atoms with Crippen molar-refractivity contribution in [2.45, 2.75) is 13.8 Å². The summed E-state index contributed by atoms with van der Waals surface area (Å²) in [6, 6.07) is 17.4. The number of anilines is 3. The molecule has 8 heteroatoms. The minimum atomic E-state index is -0.0296. The van der Waals surface area contributed by atoms with E-state index in [1.165, 1.54) is 5.56 Å². The molecule has 1 fully saturated rings. The molecular weight excluding hydrogens is 418 g/mol. The van der Waals surface area contributed by atoms with Crippen LogP contribution in [0.3, 0.4) is 0 Å². The van der Waals surface area contributed by atoms with E-state index in [2.05, 4.69) is 22.1 Å². The van der Waals surface area contributed by atoms with Crippen molar-refractivity contribution in [3.05, 3.63) is 65.9 Å². The van der Waals surface area contributed by atoms with Gasteiger partial charge in [-0.1, -0.05) is 23.8 Å². The maximum Gasteiger partial charge on any atom is 0.260 e. The summed E-state index contributed by atoms with van der Waals surface area (Å²) in [7, 11) is 1.60. The number of nitrogens with zero attached hydrogens (tertiary/aromatic N) is 4. The lowest BCUT2D eigenvalue weighted by Gasteiger charge is -2.35. The van der Waals surface area contributed by atoms with Gasteiger partial charge in [0.2, 0.25) is 5.95 Å². The molecule has 1 N–H and O–H groups in total. The summed E-state index contributed by atoms with van der Waals surface area (Å²) < 4.78 is 10.8. The Morgan fingerprint density at radius 2 is 1.70 bits per heavy atom. The third-order valence-corrected chi connectivity index (χ3v) is 5.51. The van der Waals surface area contributed by atoms with Crippen LogP contribution in [0, 0.1) is 13.8 Å².